The van der Waals surface area contributed by atoms with Crippen LogP contribution in [0.3, 0.4) is 0 Å². The zero-order valence-corrected chi connectivity index (χ0v) is 16.4. The SMILES string of the molecule is Cc1cc(C)c(NC(=O)[C@H](C(C)C)N2C(=O)c3ccccc3C2=O)c(Cl)c1. The number of imide groups is 1. The van der Waals surface area contributed by atoms with Crippen molar-refractivity contribution < 1.29 is 14.4 Å². The molecule has 1 heterocycles. The van der Waals surface area contributed by atoms with E-state index < -0.39 is 23.8 Å². The van der Waals surface area contributed by atoms with Crippen LogP contribution < -0.4 is 5.32 Å². The average Bonchev–Trinajstić information content (AvgIpc) is 2.84. The number of nitrogens with zero attached hydrogens (tertiary/aromatic N) is 1. The number of aryl methyl sites for hydroxylation is 2. The number of fused-ring (bicyclic) bond motifs is 1. The molecule has 3 rings (SSSR count). The van der Waals surface area contributed by atoms with Crippen LogP contribution in [0.5, 0.6) is 0 Å². The van der Waals surface area contributed by atoms with E-state index in [4.69, 9.17) is 11.6 Å². The molecule has 0 aliphatic carbocycles. The normalized spacial score (nSPS) is 14.5. The summed E-state index contributed by atoms with van der Waals surface area (Å²) in [5.41, 5.74) is 2.94. The molecule has 2 aromatic rings. The monoisotopic (exact) mass is 384 g/mol. The molecule has 0 unspecified atom stereocenters. The van der Waals surface area contributed by atoms with Gasteiger partial charge in [-0.1, -0.05) is 43.6 Å². The topological polar surface area (TPSA) is 66.5 Å². The van der Waals surface area contributed by atoms with Gasteiger partial charge in [0.1, 0.15) is 6.04 Å². The second-order valence-electron chi connectivity index (χ2n) is 7.14. The Hall–Kier alpha value is -2.66. The van der Waals surface area contributed by atoms with Crippen molar-refractivity contribution in [3.63, 3.8) is 0 Å². The highest BCUT2D eigenvalue weighted by molar-refractivity contribution is 6.34. The number of rotatable bonds is 4. The van der Waals surface area contributed by atoms with Crippen molar-refractivity contribution in [2.75, 3.05) is 5.32 Å². The lowest BCUT2D eigenvalue weighted by molar-refractivity contribution is -0.121. The molecule has 1 N–H and O–H groups in total. The predicted molar refractivity (Wildman–Crippen MR) is 105 cm³/mol. The minimum absolute atomic E-state index is 0.267. The summed E-state index contributed by atoms with van der Waals surface area (Å²) in [5, 5.41) is 3.24. The number of carbonyl (C=O) groups excluding carboxylic acids is 3. The Kier molecular flexibility index (Phi) is 5.07. The third-order valence-electron chi connectivity index (χ3n) is 4.68. The van der Waals surface area contributed by atoms with E-state index in [0.717, 1.165) is 16.0 Å². The fourth-order valence-electron chi connectivity index (χ4n) is 3.45. The zero-order valence-electron chi connectivity index (χ0n) is 15.7. The molecule has 0 saturated carbocycles. The number of anilines is 1. The summed E-state index contributed by atoms with van der Waals surface area (Å²) in [6.45, 7) is 7.37. The van der Waals surface area contributed by atoms with E-state index in [1.54, 1.807) is 44.2 Å². The molecule has 1 aliphatic rings. The van der Waals surface area contributed by atoms with Crippen LogP contribution >= 0.6 is 11.6 Å². The van der Waals surface area contributed by atoms with E-state index in [1.807, 2.05) is 19.9 Å². The molecule has 0 bridgehead atoms. The maximum atomic E-state index is 13.1. The smallest absolute Gasteiger partial charge is 0.262 e. The Bertz CT molecular complexity index is 894. The molecule has 0 fully saturated rings. The third-order valence-corrected chi connectivity index (χ3v) is 4.98. The molecule has 27 heavy (non-hydrogen) atoms. The van der Waals surface area contributed by atoms with Gasteiger partial charge in [-0.05, 0) is 49.1 Å². The Labute approximate surface area is 163 Å². The highest BCUT2D eigenvalue weighted by atomic mass is 35.5. The van der Waals surface area contributed by atoms with E-state index in [1.165, 1.54) is 0 Å². The number of nitrogens with one attached hydrogen (secondary N) is 1. The van der Waals surface area contributed by atoms with Gasteiger partial charge in [0.05, 0.1) is 21.8 Å². The van der Waals surface area contributed by atoms with E-state index >= 15 is 0 Å². The van der Waals surface area contributed by atoms with Gasteiger partial charge in [0.2, 0.25) is 5.91 Å². The van der Waals surface area contributed by atoms with Gasteiger partial charge in [-0.15, -0.1) is 0 Å². The molecule has 1 atom stereocenters. The molecule has 3 amide bonds. The van der Waals surface area contributed by atoms with E-state index in [9.17, 15) is 14.4 Å². The highest BCUT2D eigenvalue weighted by Gasteiger charge is 2.44. The molecule has 6 heteroatoms. The lowest BCUT2D eigenvalue weighted by Crippen LogP contribution is -2.50. The Morgan fingerprint density at radius 2 is 1.59 bits per heavy atom. The minimum Gasteiger partial charge on any atom is -0.323 e. The standard InChI is InChI=1S/C21H21ClN2O3/c1-11(2)18(19(25)23-17-13(4)9-12(3)10-16(17)22)24-20(26)14-7-5-6-8-15(14)21(24)27/h5-11,18H,1-4H3,(H,23,25)/t18-/m0/s1. The van der Waals surface area contributed by atoms with Gasteiger partial charge in [0, 0.05) is 0 Å². The molecular formula is C21H21ClN2O3. The van der Waals surface area contributed by atoms with Gasteiger partial charge in [-0.2, -0.15) is 0 Å². The first-order valence-corrected chi connectivity index (χ1v) is 9.14. The lowest BCUT2D eigenvalue weighted by atomic mass is 10.0. The Morgan fingerprint density at radius 3 is 2.07 bits per heavy atom. The van der Waals surface area contributed by atoms with Gasteiger partial charge in [-0.25, -0.2) is 0 Å². The van der Waals surface area contributed by atoms with Crippen LogP contribution in [-0.4, -0.2) is 28.7 Å². The zero-order chi connectivity index (χ0) is 19.9. The third kappa shape index (κ3) is 3.35. The van der Waals surface area contributed by atoms with Crippen LogP contribution in [-0.2, 0) is 4.79 Å². The van der Waals surface area contributed by atoms with Gasteiger partial charge < -0.3 is 5.32 Å². The first-order valence-electron chi connectivity index (χ1n) is 8.77. The summed E-state index contributed by atoms with van der Waals surface area (Å²) in [7, 11) is 0. The molecule has 2 aromatic carbocycles. The molecular weight excluding hydrogens is 364 g/mol. The van der Waals surface area contributed by atoms with Crippen molar-refractivity contribution in [3.8, 4) is 0 Å². The second kappa shape index (κ2) is 7.16. The van der Waals surface area contributed by atoms with Crippen molar-refractivity contribution in [2.45, 2.75) is 33.7 Å². The van der Waals surface area contributed by atoms with Crippen LogP contribution in [0.4, 0.5) is 5.69 Å². The lowest BCUT2D eigenvalue weighted by Gasteiger charge is -2.28. The summed E-state index contributed by atoms with van der Waals surface area (Å²) in [5.74, 6) is -1.60. The summed E-state index contributed by atoms with van der Waals surface area (Å²) in [4.78, 5) is 39.7. The number of hydrogen-bond acceptors (Lipinski definition) is 3. The number of hydrogen-bond donors (Lipinski definition) is 1. The highest BCUT2D eigenvalue weighted by Crippen LogP contribution is 2.30. The number of halogens is 1. The average molecular weight is 385 g/mol. The van der Waals surface area contributed by atoms with E-state index in [0.29, 0.717) is 21.8 Å². The first kappa shape index (κ1) is 19.1. The quantitative estimate of drug-likeness (QED) is 0.802. The summed E-state index contributed by atoms with van der Waals surface area (Å²) in [6, 6.07) is 9.34. The fraction of sp³-hybridized carbons (Fsp3) is 0.286. The van der Waals surface area contributed by atoms with Gasteiger partial charge >= 0.3 is 0 Å². The maximum absolute atomic E-state index is 13.1. The van der Waals surface area contributed by atoms with Crippen molar-refractivity contribution in [1.82, 2.24) is 4.90 Å². The Balaban J connectivity index is 1.95. The summed E-state index contributed by atoms with van der Waals surface area (Å²) < 4.78 is 0. The molecule has 0 radical (unpaired) electrons. The van der Waals surface area contributed by atoms with E-state index in [-0.39, 0.29) is 5.92 Å². The number of carbonyl (C=O) groups is 3. The van der Waals surface area contributed by atoms with Crippen LogP contribution in [0.2, 0.25) is 5.02 Å². The molecule has 140 valence electrons. The molecule has 0 saturated heterocycles. The van der Waals surface area contributed by atoms with Crippen LogP contribution in [0.15, 0.2) is 36.4 Å². The second-order valence-corrected chi connectivity index (χ2v) is 7.55. The molecule has 0 aromatic heterocycles. The van der Waals surface area contributed by atoms with Gasteiger partial charge in [-0.3, -0.25) is 19.3 Å². The summed E-state index contributed by atoms with van der Waals surface area (Å²) >= 11 is 6.29. The predicted octanol–water partition coefficient (Wildman–Crippen LogP) is 4.22. The Morgan fingerprint density at radius 1 is 1.04 bits per heavy atom. The summed E-state index contributed by atoms with van der Waals surface area (Å²) in [6.07, 6.45) is 0. The first-order chi connectivity index (χ1) is 12.7. The molecule has 0 spiro atoms. The van der Waals surface area contributed by atoms with Crippen molar-refractivity contribution >= 4 is 35.0 Å². The van der Waals surface area contributed by atoms with E-state index in [2.05, 4.69) is 5.32 Å². The van der Waals surface area contributed by atoms with Crippen LogP contribution in [0.25, 0.3) is 0 Å². The maximum Gasteiger partial charge on any atom is 0.262 e. The molecule has 1 aliphatic heterocycles. The minimum atomic E-state index is -0.936. The van der Waals surface area contributed by atoms with Gasteiger partial charge in [0.25, 0.3) is 11.8 Å². The largest absolute Gasteiger partial charge is 0.323 e. The number of amides is 3. The van der Waals surface area contributed by atoms with Crippen molar-refractivity contribution in [2.24, 2.45) is 5.92 Å². The van der Waals surface area contributed by atoms with Crippen LogP contribution in [0, 0.1) is 19.8 Å². The van der Waals surface area contributed by atoms with Crippen molar-refractivity contribution in [3.05, 3.63) is 63.7 Å². The van der Waals surface area contributed by atoms with Crippen molar-refractivity contribution in [1.29, 1.82) is 0 Å². The fourth-order valence-corrected chi connectivity index (χ4v) is 3.82. The van der Waals surface area contributed by atoms with Gasteiger partial charge in [0.15, 0.2) is 0 Å². The number of benzene rings is 2. The van der Waals surface area contributed by atoms with Crippen LogP contribution in [0.1, 0.15) is 45.7 Å². The molecule has 5 nitrogen and oxygen atoms in total.